The Morgan fingerprint density at radius 1 is 1.58 bits per heavy atom. The van der Waals surface area contributed by atoms with Gasteiger partial charge in [0.15, 0.2) is 0 Å². The molecule has 1 fully saturated rings. The molecule has 1 aliphatic rings. The number of aliphatic hydroxyl groups excluding tert-OH is 1. The highest BCUT2D eigenvalue weighted by Gasteiger charge is 2.25. The van der Waals surface area contributed by atoms with E-state index in [1.807, 2.05) is 11.8 Å². The summed E-state index contributed by atoms with van der Waals surface area (Å²) >= 11 is 1.85. The average Bonchev–Trinajstić information content (AvgIpc) is 2.37. The van der Waals surface area contributed by atoms with E-state index < -0.39 is 0 Å². The minimum absolute atomic E-state index is 0.102. The molecule has 1 saturated carbocycles. The predicted molar refractivity (Wildman–Crippen MR) is 54.6 cm³/mol. The molecular weight excluding hydrogens is 170 g/mol. The third-order valence-corrected chi connectivity index (χ3v) is 3.23. The van der Waals surface area contributed by atoms with Crippen molar-refractivity contribution in [1.29, 1.82) is 0 Å². The SMILES string of the molecule is CSCC(C)N[C@@H]1CCC[C@H]1O. The van der Waals surface area contributed by atoms with Crippen molar-refractivity contribution in [3.63, 3.8) is 0 Å². The maximum absolute atomic E-state index is 9.54. The molecule has 0 spiro atoms. The monoisotopic (exact) mass is 189 g/mol. The highest BCUT2D eigenvalue weighted by atomic mass is 32.2. The fraction of sp³-hybridized carbons (Fsp3) is 1.00. The molecule has 0 amide bonds. The van der Waals surface area contributed by atoms with Crippen LogP contribution in [0.5, 0.6) is 0 Å². The minimum Gasteiger partial charge on any atom is -0.392 e. The second kappa shape index (κ2) is 5.10. The molecule has 72 valence electrons. The van der Waals surface area contributed by atoms with Crippen LogP contribution in [0.1, 0.15) is 26.2 Å². The van der Waals surface area contributed by atoms with Gasteiger partial charge in [-0.3, -0.25) is 0 Å². The van der Waals surface area contributed by atoms with E-state index in [1.165, 1.54) is 6.42 Å². The van der Waals surface area contributed by atoms with Crippen LogP contribution in [0.25, 0.3) is 0 Å². The van der Waals surface area contributed by atoms with Crippen LogP contribution in [-0.4, -0.2) is 35.3 Å². The van der Waals surface area contributed by atoms with Gasteiger partial charge in [-0.15, -0.1) is 0 Å². The van der Waals surface area contributed by atoms with E-state index in [-0.39, 0.29) is 6.10 Å². The zero-order chi connectivity index (χ0) is 8.97. The summed E-state index contributed by atoms with van der Waals surface area (Å²) in [6.45, 7) is 2.18. The molecule has 0 bridgehead atoms. The van der Waals surface area contributed by atoms with Crippen LogP contribution < -0.4 is 5.32 Å². The first-order valence-electron chi connectivity index (χ1n) is 4.67. The Bertz CT molecular complexity index is 132. The molecule has 1 rings (SSSR count). The standard InChI is InChI=1S/C9H19NOS/c1-7(6-12-2)10-8-4-3-5-9(8)11/h7-11H,3-6H2,1-2H3/t7?,8-,9-/m1/s1. The smallest absolute Gasteiger partial charge is 0.0693 e. The van der Waals surface area contributed by atoms with Crippen molar-refractivity contribution >= 4 is 11.8 Å². The molecule has 1 unspecified atom stereocenters. The van der Waals surface area contributed by atoms with Crippen LogP contribution in [-0.2, 0) is 0 Å². The van der Waals surface area contributed by atoms with Gasteiger partial charge >= 0.3 is 0 Å². The Morgan fingerprint density at radius 2 is 2.33 bits per heavy atom. The zero-order valence-electron chi connectivity index (χ0n) is 7.92. The quantitative estimate of drug-likeness (QED) is 0.698. The van der Waals surface area contributed by atoms with Gasteiger partial charge in [-0.05, 0) is 32.4 Å². The molecule has 0 saturated heterocycles. The molecule has 0 aromatic carbocycles. The van der Waals surface area contributed by atoms with E-state index in [0.29, 0.717) is 12.1 Å². The average molecular weight is 189 g/mol. The van der Waals surface area contributed by atoms with Crippen LogP contribution in [0.4, 0.5) is 0 Å². The van der Waals surface area contributed by atoms with E-state index in [4.69, 9.17) is 0 Å². The molecule has 1 aliphatic carbocycles. The first kappa shape index (κ1) is 10.4. The van der Waals surface area contributed by atoms with Gasteiger partial charge in [-0.2, -0.15) is 11.8 Å². The number of hydrogen-bond acceptors (Lipinski definition) is 3. The van der Waals surface area contributed by atoms with Gasteiger partial charge in [0.25, 0.3) is 0 Å². The van der Waals surface area contributed by atoms with Crippen molar-refractivity contribution in [1.82, 2.24) is 5.32 Å². The third-order valence-electron chi connectivity index (χ3n) is 2.39. The van der Waals surface area contributed by atoms with Crippen molar-refractivity contribution in [2.45, 2.75) is 44.4 Å². The molecule has 0 aromatic heterocycles. The Hall–Kier alpha value is 0.270. The normalized spacial score (nSPS) is 32.2. The van der Waals surface area contributed by atoms with Crippen LogP contribution in [0.3, 0.4) is 0 Å². The summed E-state index contributed by atoms with van der Waals surface area (Å²) in [5.41, 5.74) is 0. The van der Waals surface area contributed by atoms with Crippen molar-refractivity contribution in [2.24, 2.45) is 0 Å². The Balaban J connectivity index is 2.20. The van der Waals surface area contributed by atoms with Gasteiger partial charge in [0.2, 0.25) is 0 Å². The second-order valence-electron chi connectivity index (χ2n) is 3.63. The largest absolute Gasteiger partial charge is 0.392 e. The van der Waals surface area contributed by atoms with Crippen molar-refractivity contribution in [2.75, 3.05) is 12.0 Å². The van der Waals surface area contributed by atoms with E-state index in [1.54, 1.807) is 0 Å². The first-order valence-corrected chi connectivity index (χ1v) is 6.06. The zero-order valence-corrected chi connectivity index (χ0v) is 8.73. The second-order valence-corrected chi connectivity index (χ2v) is 4.54. The molecule has 0 heterocycles. The Morgan fingerprint density at radius 3 is 2.83 bits per heavy atom. The van der Waals surface area contributed by atoms with Gasteiger partial charge in [0, 0.05) is 17.8 Å². The molecule has 0 aromatic rings. The molecule has 0 radical (unpaired) electrons. The van der Waals surface area contributed by atoms with Crippen LogP contribution in [0, 0.1) is 0 Å². The number of hydrogen-bond donors (Lipinski definition) is 2. The minimum atomic E-state index is -0.102. The summed E-state index contributed by atoms with van der Waals surface area (Å²) in [6.07, 6.45) is 5.30. The summed E-state index contributed by atoms with van der Waals surface area (Å²) in [4.78, 5) is 0. The topological polar surface area (TPSA) is 32.3 Å². The number of rotatable bonds is 4. The van der Waals surface area contributed by atoms with E-state index in [9.17, 15) is 5.11 Å². The fourth-order valence-electron chi connectivity index (χ4n) is 1.80. The molecule has 2 N–H and O–H groups in total. The van der Waals surface area contributed by atoms with E-state index in [2.05, 4.69) is 18.5 Å². The van der Waals surface area contributed by atoms with E-state index >= 15 is 0 Å². The number of aliphatic hydroxyl groups is 1. The number of nitrogens with one attached hydrogen (secondary N) is 1. The number of thioether (sulfide) groups is 1. The molecular formula is C9H19NOS. The highest BCUT2D eigenvalue weighted by Crippen LogP contribution is 2.19. The molecule has 3 heteroatoms. The predicted octanol–water partition coefficient (Wildman–Crippen LogP) is 1.24. The lowest BCUT2D eigenvalue weighted by molar-refractivity contribution is 0.145. The third kappa shape index (κ3) is 2.96. The molecule has 2 nitrogen and oxygen atoms in total. The van der Waals surface area contributed by atoms with E-state index in [0.717, 1.165) is 18.6 Å². The van der Waals surface area contributed by atoms with Crippen LogP contribution in [0.15, 0.2) is 0 Å². The fourth-order valence-corrected chi connectivity index (χ4v) is 2.39. The van der Waals surface area contributed by atoms with Crippen molar-refractivity contribution < 1.29 is 5.11 Å². The van der Waals surface area contributed by atoms with Gasteiger partial charge in [-0.25, -0.2) is 0 Å². The first-order chi connectivity index (χ1) is 5.74. The molecule has 0 aliphatic heterocycles. The van der Waals surface area contributed by atoms with Crippen LogP contribution >= 0.6 is 11.8 Å². The maximum atomic E-state index is 9.54. The van der Waals surface area contributed by atoms with Crippen molar-refractivity contribution in [3.05, 3.63) is 0 Å². The molecule has 12 heavy (non-hydrogen) atoms. The van der Waals surface area contributed by atoms with Gasteiger partial charge in [0.1, 0.15) is 0 Å². The summed E-state index contributed by atoms with van der Waals surface area (Å²) in [6, 6.07) is 0.880. The van der Waals surface area contributed by atoms with Gasteiger partial charge < -0.3 is 10.4 Å². The lowest BCUT2D eigenvalue weighted by atomic mass is 10.2. The maximum Gasteiger partial charge on any atom is 0.0693 e. The summed E-state index contributed by atoms with van der Waals surface area (Å²) < 4.78 is 0. The van der Waals surface area contributed by atoms with Crippen LogP contribution in [0.2, 0.25) is 0 Å². The van der Waals surface area contributed by atoms with Crippen molar-refractivity contribution in [3.8, 4) is 0 Å². The van der Waals surface area contributed by atoms with Gasteiger partial charge in [-0.1, -0.05) is 0 Å². The summed E-state index contributed by atoms with van der Waals surface area (Å²) in [5.74, 6) is 1.13. The summed E-state index contributed by atoms with van der Waals surface area (Å²) in [7, 11) is 0. The van der Waals surface area contributed by atoms with Gasteiger partial charge in [0.05, 0.1) is 6.10 Å². The lowest BCUT2D eigenvalue weighted by Crippen LogP contribution is -2.42. The summed E-state index contributed by atoms with van der Waals surface area (Å²) in [5, 5.41) is 13.0. The highest BCUT2D eigenvalue weighted by molar-refractivity contribution is 7.98. The molecule has 3 atom stereocenters. The Kier molecular flexibility index (Phi) is 4.40. The lowest BCUT2D eigenvalue weighted by Gasteiger charge is -2.21. The Labute approximate surface area is 79.1 Å².